The van der Waals surface area contributed by atoms with Gasteiger partial charge in [-0.2, -0.15) is 17.0 Å². The number of carbonyl (C=O) groups excluding carboxylic acids is 1. The van der Waals surface area contributed by atoms with Gasteiger partial charge in [0.2, 0.25) is 0 Å². The summed E-state index contributed by atoms with van der Waals surface area (Å²) in [7, 11) is -3.72. The molecule has 3 aromatic carbocycles. The molecular weight excluding hydrogens is 430 g/mol. The zero-order valence-electron chi connectivity index (χ0n) is 16.6. The summed E-state index contributed by atoms with van der Waals surface area (Å²) in [6.07, 6.45) is 0. The van der Waals surface area contributed by atoms with Gasteiger partial charge in [0.05, 0.1) is 16.5 Å². The summed E-state index contributed by atoms with van der Waals surface area (Å²) in [5.41, 5.74) is 2.32. The van der Waals surface area contributed by atoms with E-state index in [1.807, 2.05) is 18.2 Å². The molecule has 0 heterocycles. The van der Waals surface area contributed by atoms with Crippen LogP contribution in [0, 0.1) is 11.3 Å². The van der Waals surface area contributed by atoms with Gasteiger partial charge in [0, 0.05) is 29.3 Å². The monoisotopic (exact) mass is 451 g/mol. The molecule has 0 atom stereocenters. The molecule has 0 aliphatic carbocycles. The van der Waals surface area contributed by atoms with Crippen LogP contribution < -0.4 is 10.0 Å². The molecule has 0 saturated carbocycles. The minimum absolute atomic E-state index is 0.153. The number of nitrogens with zero attached hydrogens (tertiary/aromatic N) is 1. The Labute approximate surface area is 186 Å². The van der Waals surface area contributed by atoms with E-state index in [2.05, 4.69) is 16.1 Å². The van der Waals surface area contributed by atoms with E-state index < -0.39 is 10.0 Å². The number of hydrogen-bond acceptors (Lipinski definition) is 5. The minimum atomic E-state index is -3.72. The van der Waals surface area contributed by atoms with Gasteiger partial charge < -0.3 is 5.32 Å². The van der Waals surface area contributed by atoms with E-state index in [1.54, 1.807) is 54.2 Å². The first-order valence-corrected chi connectivity index (χ1v) is 12.2. The highest BCUT2D eigenvalue weighted by atomic mass is 32.2. The molecule has 0 bridgehead atoms. The lowest BCUT2D eigenvalue weighted by molar-refractivity contribution is 0.0956. The number of amides is 1. The van der Waals surface area contributed by atoms with Gasteiger partial charge in [0.25, 0.3) is 15.9 Å². The Kier molecular flexibility index (Phi) is 7.70. The zero-order valence-corrected chi connectivity index (χ0v) is 18.2. The molecule has 0 aliphatic heterocycles. The van der Waals surface area contributed by atoms with Gasteiger partial charge >= 0.3 is 0 Å². The molecule has 0 radical (unpaired) electrons. The summed E-state index contributed by atoms with van der Waals surface area (Å²) in [4.78, 5) is 12.6. The minimum Gasteiger partial charge on any atom is -0.351 e. The second-order valence-corrected chi connectivity index (χ2v) is 9.36. The summed E-state index contributed by atoms with van der Waals surface area (Å²) in [5, 5.41) is 12.0. The standard InChI is InChI=1S/C23H21N3O3S2/c24-16-19-7-4-5-8-20(19)17-30-14-13-25-23(27)18-9-6-10-21(15-18)26-31(28,29)22-11-2-1-3-12-22/h1-12,15,26H,13-14,17H2,(H,25,27). The van der Waals surface area contributed by atoms with E-state index >= 15 is 0 Å². The lowest BCUT2D eigenvalue weighted by atomic mass is 10.1. The van der Waals surface area contributed by atoms with Crippen LogP contribution in [-0.2, 0) is 15.8 Å². The largest absolute Gasteiger partial charge is 0.351 e. The SMILES string of the molecule is N#Cc1ccccc1CSCCNC(=O)c1cccc(NS(=O)(=O)c2ccccc2)c1. The smallest absolute Gasteiger partial charge is 0.261 e. The first-order valence-electron chi connectivity index (χ1n) is 9.51. The van der Waals surface area contributed by atoms with Crippen LogP contribution in [0.25, 0.3) is 0 Å². The van der Waals surface area contributed by atoms with Gasteiger partial charge in [-0.05, 0) is 42.0 Å². The number of rotatable bonds is 9. The first kappa shape index (κ1) is 22.4. The van der Waals surface area contributed by atoms with Crippen molar-refractivity contribution in [2.24, 2.45) is 0 Å². The number of sulfonamides is 1. The number of thioether (sulfide) groups is 1. The molecule has 0 aliphatic rings. The van der Waals surface area contributed by atoms with E-state index in [9.17, 15) is 13.2 Å². The molecule has 3 rings (SSSR count). The molecule has 0 unspecified atom stereocenters. The van der Waals surface area contributed by atoms with Crippen molar-refractivity contribution in [3.8, 4) is 6.07 Å². The van der Waals surface area contributed by atoms with Crippen molar-refractivity contribution in [2.45, 2.75) is 10.6 Å². The Morgan fingerprint density at radius 2 is 1.71 bits per heavy atom. The molecule has 3 aromatic rings. The van der Waals surface area contributed by atoms with Crippen LogP contribution in [0.5, 0.6) is 0 Å². The second-order valence-electron chi connectivity index (χ2n) is 6.58. The Morgan fingerprint density at radius 3 is 2.48 bits per heavy atom. The Balaban J connectivity index is 1.51. The van der Waals surface area contributed by atoms with Crippen molar-refractivity contribution < 1.29 is 13.2 Å². The number of anilines is 1. The normalized spacial score (nSPS) is 10.8. The second kappa shape index (κ2) is 10.7. The first-order chi connectivity index (χ1) is 15.0. The Morgan fingerprint density at radius 1 is 0.968 bits per heavy atom. The fourth-order valence-electron chi connectivity index (χ4n) is 2.81. The van der Waals surface area contributed by atoms with Gasteiger partial charge in [-0.3, -0.25) is 9.52 Å². The topological polar surface area (TPSA) is 99.1 Å². The Bertz CT molecular complexity index is 1190. The van der Waals surface area contributed by atoms with Crippen LogP contribution in [0.2, 0.25) is 0 Å². The fourth-order valence-corrected chi connectivity index (χ4v) is 4.75. The van der Waals surface area contributed by atoms with Crippen LogP contribution in [0.3, 0.4) is 0 Å². The molecule has 0 aromatic heterocycles. The van der Waals surface area contributed by atoms with Crippen molar-refractivity contribution >= 4 is 33.4 Å². The van der Waals surface area contributed by atoms with E-state index in [1.165, 1.54) is 18.2 Å². The average Bonchev–Trinajstić information content (AvgIpc) is 2.79. The lowest BCUT2D eigenvalue weighted by Crippen LogP contribution is -2.26. The maximum absolute atomic E-state index is 12.5. The van der Waals surface area contributed by atoms with E-state index in [-0.39, 0.29) is 10.8 Å². The molecule has 0 fully saturated rings. The molecule has 8 heteroatoms. The third-order valence-electron chi connectivity index (χ3n) is 4.36. The summed E-state index contributed by atoms with van der Waals surface area (Å²) in [5.74, 6) is 1.10. The number of hydrogen-bond donors (Lipinski definition) is 2. The number of nitrogens with one attached hydrogen (secondary N) is 2. The van der Waals surface area contributed by atoms with Gasteiger partial charge in [-0.25, -0.2) is 8.42 Å². The molecule has 1 amide bonds. The molecule has 6 nitrogen and oxygen atoms in total. The maximum atomic E-state index is 12.5. The third kappa shape index (κ3) is 6.35. The lowest BCUT2D eigenvalue weighted by Gasteiger charge is -2.10. The fraction of sp³-hybridized carbons (Fsp3) is 0.130. The highest BCUT2D eigenvalue weighted by Gasteiger charge is 2.14. The van der Waals surface area contributed by atoms with Crippen molar-refractivity contribution in [3.63, 3.8) is 0 Å². The van der Waals surface area contributed by atoms with E-state index in [4.69, 9.17) is 5.26 Å². The van der Waals surface area contributed by atoms with Crippen LogP contribution in [0.15, 0.2) is 83.8 Å². The quantitative estimate of drug-likeness (QED) is 0.479. The number of nitriles is 1. The van der Waals surface area contributed by atoms with Crippen LogP contribution >= 0.6 is 11.8 Å². The van der Waals surface area contributed by atoms with E-state index in [0.29, 0.717) is 34.9 Å². The molecule has 0 spiro atoms. The van der Waals surface area contributed by atoms with E-state index in [0.717, 1.165) is 5.56 Å². The maximum Gasteiger partial charge on any atom is 0.261 e. The van der Waals surface area contributed by atoms with Gasteiger partial charge in [-0.15, -0.1) is 0 Å². The summed E-state index contributed by atoms with van der Waals surface area (Å²) in [6, 6.07) is 24.0. The predicted octanol–water partition coefficient (Wildman–Crippen LogP) is 4.02. The highest BCUT2D eigenvalue weighted by Crippen LogP contribution is 2.18. The van der Waals surface area contributed by atoms with Gasteiger partial charge in [-0.1, -0.05) is 42.5 Å². The average molecular weight is 452 g/mol. The van der Waals surface area contributed by atoms with Gasteiger partial charge in [0.15, 0.2) is 0 Å². The van der Waals surface area contributed by atoms with Crippen molar-refractivity contribution in [1.29, 1.82) is 5.26 Å². The van der Waals surface area contributed by atoms with Crippen molar-refractivity contribution in [2.75, 3.05) is 17.0 Å². The zero-order chi connectivity index (χ0) is 22.1. The molecule has 0 saturated heterocycles. The van der Waals surface area contributed by atoms with Crippen molar-refractivity contribution in [3.05, 3.63) is 95.6 Å². The summed E-state index contributed by atoms with van der Waals surface area (Å²) < 4.78 is 27.4. The summed E-state index contributed by atoms with van der Waals surface area (Å²) in [6.45, 7) is 0.457. The third-order valence-corrected chi connectivity index (χ3v) is 6.76. The van der Waals surface area contributed by atoms with Crippen LogP contribution in [-0.4, -0.2) is 26.6 Å². The van der Waals surface area contributed by atoms with Crippen LogP contribution in [0.4, 0.5) is 5.69 Å². The molecular formula is C23H21N3O3S2. The number of benzene rings is 3. The molecule has 158 valence electrons. The highest BCUT2D eigenvalue weighted by molar-refractivity contribution is 7.98. The Hall–Kier alpha value is -3.28. The van der Waals surface area contributed by atoms with Gasteiger partial charge in [0.1, 0.15) is 0 Å². The molecule has 2 N–H and O–H groups in total. The van der Waals surface area contributed by atoms with Crippen LogP contribution in [0.1, 0.15) is 21.5 Å². The van der Waals surface area contributed by atoms with Crippen molar-refractivity contribution in [1.82, 2.24) is 5.32 Å². The summed E-state index contributed by atoms with van der Waals surface area (Å²) >= 11 is 1.62. The number of carbonyl (C=O) groups is 1. The molecule has 31 heavy (non-hydrogen) atoms. The predicted molar refractivity (Wildman–Crippen MR) is 123 cm³/mol.